The Balaban J connectivity index is 1.97. The molecule has 1 aromatic carbocycles. The Morgan fingerprint density at radius 3 is 2.40 bits per heavy atom. The molecule has 5 heteroatoms. The molecule has 0 unspecified atom stereocenters. The molecule has 4 nitrogen and oxygen atoms in total. The van der Waals surface area contributed by atoms with Crippen molar-refractivity contribution in [2.45, 2.75) is 13.5 Å². The Labute approximate surface area is 119 Å². The van der Waals surface area contributed by atoms with E-state index in [1.807, 2.05) is 31.2 Å². The molecule has 0 spiro atoms. The molecular formula is C15H16N2O2S. The SMILES string of the molecule is Cc1ccc(CNS(=O)(=O)/C=C/c2ccncc2)cc1. The van der Waals surface area contributed by atoms with Crippen molar-refractivity contribution in [3.8, 4) is 0 Å². The van der Waals surface area contributed by atoms with Gasteiger partial charge in [0.05, 0.1) is 0 Å². The number of benzene rings is 1. The third-order valence-corrected chi connectivity index (χ3v) is 3.78. The topological polar surface area (TPSA) is 59.1 Å². The maximum Gasteiger partial charge on any atom is 0.234 e. The lowest BCUT2D eigenvalue weighted by atomic mass is 10.2. The molecule has 1 N–H and O–H groups in total. The van der Waals surface area contributed by atoms with Crippen molar-refractivity contribution in [1.82, 2.24) is 9.71 Å². The minimum Gasteiger partial charge on any atom is -0.265 e. The highest BCUT2D eigenvalue weighted by Gasteiger charge is 2.04. The maximum atomic E-state index is 11.8. The van der Waals surface area contributed by atoms with E-state index in [2.05, 4.69) is 9.71 Å². The van der Waals surface area contributed by atoms with E-state index >= 15 is 0 Å². The molecule has 0 aliphatic rings. The Bertz CT molecular complexity index is 678. The lowest BCUT2D eigenvalue weighted by Gasteiger charge is -2.03. The van der Waals surface area contributed by atoms with Crippen molar-refractivity contribution in [3.05, 3.63) is 70.9 Å². The quantitative estimate of drug-likeness (QED) is 0.919. The molecule has 20 heavy (non-hydrogen) atoms. The van der Waals surface area contributed by atoms with Crippen LogP contribution in [0.3, 0.4) is 0 Å². The molecule has 0 saturated carbocycles. The van der Waals surface area contributed by atoms with Crippen LogP contribution in [0.4, 0.5) is 0 Å². The number of hydrogen-bond acceptors (Lipinski definition) is 3. The fraction of sp³-hybridized carbons (Fsp3) is 0.133. The predicted molar refractivity (Wildman–Crippen MR) is 80.2 cm³/mol. The van der Waals surface area contributed by atoms with E-state index in [4.69, 9.17) is 0 Å². The zero-order valence-electron chi connectivity index (χ0n) is 11.2. The van der Waals surface area contributed by atoms with Crippen molar-refractivity contribution < 1.29 is 8.42 Å². The van der Waals surface area contributed by atoms with E-state index in [1.54, 1.807) is 30.6 Å². The van der Waals surface area contributed by atoms with Crippen LogP contribution < -0.4 is 4.72 Å². The number of aromatic nitrogens is 1. The first-order chi connectivity index (χ1) is 9.55. The highest BCUT2D eigenvalue weighted by atomic mass is 32.2. The second kappa shape index (κ2) is 6.45. The van der Waals surface area contributed by atoms with Crippen LogP contribution >= 0.6 is 0 Å². The molecule has 0 aliphatic heterocycles. The molecule has 0 saturated heterocycles. The van der Waals surface area contributed by atoms with Gasteiger partial charge in [-0.15, -0.1) is 0 Å². The van der Waals surface area contributed by atoms with Crippen LogP contribution in [-0.4, -0.2) is 13.4 Å². The van der Waals surface area contributed by atoms with Crippen molar-refractivity contribution in [1.29, 1.82) is 0 Å². The van der Waals surface area contributed by atoms with Crippen molar-refractivity contribution in [2.75, 3.05) is 0 Å². The smallest absolute Gasteiger partial charge is 0.234 e. The predicted octanol–water partition coefficient (Wildman–Crippen LogP) is 2.48. The fourth-order valence-corrected chi connectivity index (χ4v) is 2.38. The second-order valence-corrected chi connectivity index (χ2v) is 6.09. The van der Waals surface area contributed by atoms with E-state index in [0.717, 1.165) is 22.1 Å². The van der Waals surface area contributed by atoms with Gasteiger partial charge in [-0.05, 0) is 36.3 Å². The summed E-state index contributed by atoms with van der Waals surface area (Å²) in [7, 11) is -3.44. The van der Waals surface area contributed by atoms with Crippen LogP contribution in [0.25, 0.3) is 6.08 Å². The molecule has 0 bridgehead atoms. The summed E-state index contributed by atoms with van der Waals surface area (Å²) in [4.78, 5) is 3.87. The molecule has 0 amide bonds. The number of sulfonamides is 1. The highest BCUT2D eigenvalue weighted by Crippen LogP contribution is 2.05. The maximum absolute atomic E-state index is 11.8. The molecule has 2 rings (SSSR count). The van der Waals surface area contributed by atoms with E-state index in [0.29, 0.717) is 0 Å². The van der Waals surface area contributed by atoms with Crippen LogP contribution in [0.5, 0.6) is 0 Å². The monoisotopic (exact) mass is 288 g/mol. The lowest BCUT2D eigenvalue weighted by Crippen LogP contribution is -2.20. The molecule has 0 radical (unpaired) electrons. The summed E-state index contributed by atoms with van der Waals surface area (Å²) in [5.74, 6) is 0. The van der Waals surface area contributed by atoms with E-state index in [1.165, 1.54) is 0 Å². The van der Waals surface area contributed by atoms with Gasteiger partial charge in [0.1, 0.15) is 0 Å². The minimum atomic E-state index is -3.44. The first-order valence-corrected chi connectivity index (χ1v) is 7.73. The zero-order valence-corrected chi connectivity index (χ0v) is 12.0. The average molecular weight is 288 g/mol. The summed E-state index contributed by atoms with van der Waals surface area (Å²) < 4.78 is 26.2. The van der Waals surface area contributed by atoms with Crippen molar-refractivity contribution in [3.63, 3.8) is 0 Å². The Hall–Kier alpha value is -1.98. The minimum absolute atomic E-state index is 0.281. The summed E-state index contributed by atoms with van der Waals surface area (Å²) in [6.45, 7) is 2.27. The van der Waals surface area contributed by atoms with E-state index in [-0.39, 0.29) is 6.54 Å². The van der Waals surface area contributed by atoms with Crippen LogP contribution in [0.2, 0.25) is 0 Å². The fourth-order valence-electron chi connectivity index (χ4n) is 1.58. The normalized spacial score (nSPS) is 11.8. The number of nitrogens with zero attached hydrogens (tertiary/aromatic N) is 1. The average Bonchev–Trinajstić information content (AvgIpc) is 2.46. The number of pyridine rings is 1. The molecule has 1 aromatic heterocycles. The number of hydrogen-bond donors (Lipinski definition) is 1. The van der Waals surface area contributed by atoms with Crippen LogP contribution in [0.1, 0.15) is 16.7 Å². The summed E-state index contributed by atoms with van der Waals surface area (Å²) in [6.07, 6.45) is 4.78. The van der Waals surface area contributed by atoms with Gasteiger partial charge in [-0.3, -0.25) is 4.98 Å². The summed E-state index contributed by atoms with van der Waals surface area (Å²) in [5.41, 5.74) is 2.87. The largest absolute Gasteiger partial charge is 0.265 e. The van der Waals surface area contributed by atoms with E-state index in [9.17, 15) is 8.42 Å². The van der Waals surface area contributed by atoms with Crippen molar-refractivity contribution in [2.24, 2.45) is 0 Å². The lowest BCUT2D eigenvalue weighted by molar-refractivity contribution is 0.591. The Morgan fingerprint density at radius 2 is 1.75 bits per heavy atom. The second-order valence-electron chi connectivity index (χ2n) is 4.44. The molecule has 2 aromatic rings. The molecule has 104 valence electrons. The zero-order chi connectivity index (χ0) is 14.4. The van der Waals surface area contributed by atoms with Gasteiger partial charge in [0.15, 0.2) is 0 Å². The Morgan fingerprint density at radius 1 is 1.10 bits per heavy atom. The van der Waals surface area contributed by atoms with Gasteiger partial charge in [0.25, 0.3) is 0 Å². The standard InChI is InChI=1S/C15H16N2O2S/c1-13-2-4-15(5-3-13)12-17-20(18,19)11-8-14-6-9-16-10-7-14/h2-11,17H,12H2,1H3/b11-8+. The van der Waals surface area contributed by atoms with Crippen LogP contribution in [0, 0.1) is 6.92 Å². The number of rotatable bonds is 5. The molecule has 0 atom stereocenters. The molecule has 0 fully saturated rings. The van der Waals surface area contributed by atoms with Gasteiger partial charge in [0, 0.05) is 24.3 Å². The summed E-state index contributed by atoms with van der Waals surface area (Å²) >= 11 is 0. The Kier molecular flexibility index (Phi) is 4.65. The van der Waals surface area contributed by atoms with Gasteiger partial charge in [0.2, 0.25) is 10.0 Å². The number of aryl methyl sites for hydroxylation is 1. The third kappa shape index (κ3) is 4.60. The van der Waals surface area contributed by atoms with E-state index < -0.39 is 10.0 Å². The highest BCUT2D eigenvalue weighted by molar-refractivity contribution is 7.92. The molecular weight excluding hydrogens is 272 g/mol. The van der Waals surface area contributed by atoms with Gasteiger partial charge >= 0.3 is 0 Å². The number of nitrogens with one attached hydrogen (secondary N) is 1. The van der Waals surface area contributed by atoms with Crippen LogP contribution in [-0.2, 0) is 16.6 Å². The van der Waals surface area contributed by atoms with Crippen LogP contribution in [0.15, 0.2) is 54.2 Å². The first-order valence-electron chi connectivity index (χ1n) is 6.18. The van der Waals surface area contributed by atoms with Gasteiger partial charge in [-0.1, -0.05) is 29.8 Å². The van der Waals surface area contributed by atoms with Crippen molar-refractivity contribution >= 4 is 16.1 Å². The van der Waals surface area contributed by atoms with Gasteiger partial charge in [-0.2, -0.15) is 0 Å². The molecule has 1 heterocycles. The summed E-state index contributed by atoms with van der Waals surface area (Å²) in [6, 6.07) is 11.2. The first kappa shape index (κ1) is 14.4. The summed E-state index contributed by atoms with van der Waals surface area (Å²) in [5, 5.41) is 1.16. The third-order valence-electron chi connectivity index (χ3n) is 2.74. The van der Waals surface area contributed by atoms with Gasteiger partial charge < -0.3 is 0 Å². The van der Waals surface area contributed by atoms with Gasteiger partial charge in [-0.25, -0.2) is 13.1 Å². The molecule has 0 aliphatic carbocycles.